The molecule has 1 amide bonds. The fourth-order valence-corrected chi connectivity index (χ4v) is 2.86. The van der Waals surface area contributed by atoms with Crippen LogP contribution in [-0.2, 0) is 11.3 Å². The summed E-state index contributed by atoms with van der Waals surface area (Å²) in [5, 5.41) is 20.4. The molecule has 0 bridgehead atoms. The molecule has 3 aromatic rings. The van der Waals surface area contributed by atoms with E-state index >= 15 is 0 Å². The summed E-state index contributed by atoms with van der Waals surface area (Å²) in [7, 11) is 0. The van der Waals surface area contributed by atoms with Gasteiger partial charge in [0.05, 0.1) is 33.8 Å². The molecule has 144 valence electrons. The number of pyridine rings is 1. The Balaban J connectivity index is 1.89. The molecule has 10 heteroatoms. The molecule has 0 spiro atoms. The van der Waals surface area contributed by atoms with Gasteiger partial charge in [0, 0.05) is 6.20 Å². The van der Waals surface area contributed by atoms with Gasteiger partial charge < -0.3 is 10.3 Å². The van der Waals surface area contributed by atoms with Gasteiger partial charge >= 0.3 is 5.69 Å². The largest absolute Gasteiger partial charge is 0.346 e. The van der Waals surface area contributed by atoms with Gasteiger partial charge in [-0.05, 0) is 25.1 Å². The van der Waals surface area contributed by atoms with E-state index in [1.54, 1.807) is 6.07 Å². The fraction of sp³-hybridized carbons (Fsp3) is 0.158. The molecule has 0 aliphatic rings. The summed E-state index contributed by atoms with van der Waals surface area (Å²) in [4.78, 5) is 43.5. The third kappa shape index (κ3) is 3.73. The molecule has 0 radical (unpaired) electrons. The first-order valence-electron chi connectivity index (χ1n) is 8.36. The number of carbonyl (C=O) groups excluding carboxylic acids is 1. The Morgan fingerprint density at radius 1 is 1.34 bits per heavy atom. The van der Waals surface area contributed by atoms with Gasteiger partial charge in [-0.25, -0.2) is 9.18 Å². The number of aromatic amines is 1. The normalized spacial score (nSPS) is 11.4. The monoisotopic (exact) mass is 392 g/mol. The Morgan fingerprint density at radius 2 is 2.10 bits per heavy atom. The standard InChI is InChI=1S/C19H13FN6O3/c1-10(17-13(20)5-11(6-21)8-23-17)24-15(27)9-26-18(28)16-12(7-22)3-2-4-14(16)25-19(26)29/h2-5,8,10H,9H2,1H3,(H,24,27)(H,25,29)/t10-/m1/s1. The van der Waals surface area contributed by atoms with Crippen molar-refractivity contribution in [2.75, 3.05) is 0 Å². The Labute approximate surface area is 162 Å². The lowest BCUT2D eigenvalue weighted by Gasteiger charge is -2.15. The van der Waals surface area contributed by atoms with Crippen molar-refractivity contribution in [2.24, 2.45) is 0 Å². The quantitative estimate of drug-likeness (QED) is 0.673. The van der Waals surface area contributed by atoms with Crippen molar-refractivity contribution in [3.63, 3.8) is 0 Å². The van der Waals surface area contributed by atoms with Crippen LogP contribution in [0.4, 0.5) is 4.39 Å². The van der Waals surface area contributed by atoms with Crippen LogP contribution in [0.1, 0.15) is 29.8 Å². The van der Waals surface area contributed by atoms with Crippen molar-refractivity contribution in [1.29, 1.82) is 10.5 Å². The molecule has 0 unspecified atom stereocenters. The number of nitrogens with zero attached hydrogens (tertiary/aromatic N) is 4. The smallest absolute Gasteiger partial charge is 0.329 e. The second kappa shape index (κ2) is 7.74. The predicted molar refractivity (Wildman–Crippen MR) is 99.0 cm³/mol. The SMILES string of the molecule is C[C@@H](NC(=O)Cn1c(=O)[nH]c2cccc(C#N)c2c1=O)c1ncc(C#N)cc1F. The lowest BCUT2D eigenvalue weighted by molar-refractivity contribution is -0.122. The number of nitriles is 2. The lowest BCUT2D eigenvalue weighted by atomic mass is 10.1. The number of amides is 1. The predicted octanol–water partition coefficient (Wildman–Crippen LogP) is 0.845. The highest BCUT2D eigenvalue weighted by Gasteiger charge is 2.18. The van der Waals surface area contributed by atoms with Crippen LogP contribution in [0.2, 0.25) is 0 Å². The number of hydrogen-bond acceptors (Lipinski definition) is 6. The molecule has 0 aliphatic carbocycles. The summed E-state index contributed by atoms with van der Waals surface area (Å²) >= 11 is 0. The Bertz CT molecular complexity index is 1330. The molecular weight excluding hydrogens is 379 g/mol. The lowest BCUT2D eigenvalue weighted by Crippen LogP contribution is -2.41. The van der Waals surface area contributed by atoms with Crippen LogP contribution < -0.4 is 16.6 Å². The Kier molecular flexibility index (Phi) is 5.19. The number of H-pyrrole nitrogens is 1. The number of carbonyl (C=O) groups is 1. The minimum Gasteiger partial charge on any atom is -0.346 e. The maximum Gasteiger partial charge on any atom is 0.329 e. The second-order valence-corrected chi connectivity index (χ2v) is 6.15. The van der Waals surface area contributed by atoms with Crippen LogP contribution >= 0.6 is 0 Å². The van der Waals surface area contributed by atoms with Crippen molar-refractivity contribution in [1.82, 2.24) is 19.9 Å². The molecule has 9 nitrogen and oxygen atoms in total. The molecule has 1 atom stereocenters. The van der Waals surface area contributed by atoms with E-state index in [9.17, 15) is 24.0 Å². The molecule has 0 aliphatic heterocycles. The third-order valence-corrected chi connectivity index (χ3v) is 4.22. The van der Waals surface area contributed by atoms with Gasteiger partial charge in [-0.15, -0.1) is 0 Å². The summed E-state index contributed by atoms with van der Waals surface area (Å²) in [6.45, 7) is 0.836. The third-order valence-electron chi connectivity index (χ3n) is 4.22. The molecule has 1 aromatic carbocycles. The van der Waals surface area contributed by atoms with E-state index in [-0.39, 0.29) is 27.7 Å². The van der Waals surface area contributed by atoms with Crippen molar-refractivity contribution in [2.45, 2.75) is 19.5 Å². The number of hydrogen-bond donors (Lipinski definition) is 2. The molecule has 29 heavy (non-hydrogen) atoms. The average Bonchev–Trinajstić information content (AvgIpc) is 2.70. The molecule has 0 fully saturated rings. The maximum absolute atomic E-state index is 14.0. The van der Waals surface area contributed by atoms with E-state index in [2.05, 4.69) is 15.3 Å². The van der Waals surface area contributed by atoms with Crippen LogP contribution in [0, 0.1) is 28.5 Å². The van der Waals surface area contributed by atoms with Crippen LogP contribution in [0.15, 0.2) is 40.1 Å². The zero-order chi connectivity index (χ0) is 21.1. The number of aromatic nitrogens is 3. The van der Waals surface area contributed by atoms with Crippen molar-refractivity contribution in [3.05, 3.63) is 73.9 Å². The maximum atomic E-state index is 14.0. The summed E-state index contributed by atoms with van der Waals surface area (Å²) < 4.78 is 14.7. The molecule has 2 heterocycles. The van der Waals surface area contributed by atoms with Crippen molar-refractivity contribution >= 4 is 16.8 Å². The summed E-state index contributed by atoms with van der Waals surface area (Å²) in [6.07, 6.45) is 1.17. The van der Waals surface area contributed by atoms with E-state index in [1.165, 1.54) is 31.3 Å². The highest BCUT2D eigenvalue weighted by Crippen LogP contribution is 2.15. The molecule has 3 rings (SSSR count). The van der Waals surface area contributed by atoms with E-state index in [0.29, 0.717) is 4.57 Å². The minimum absolute atomic E-state index is 0.00440. The van der Waals surface area contributed by atoms with Crippen molar-refractivity contribution in [3.8, 4) is 12.1 Å². The molecule has 2 N–H and O–H groups in total. The average molecular weight is 392 g/mol. The molecule has 0 saturated carbocycles. The summed E-state index contributed by atoms with van der Waals surface area (Å²) in [5.74, 6) is -1.50. The number of fused-ring (bicyclic) bond motifs is 1. The molecule has 2 aromatic heterocycles. The fourth-order valence-electron chi connectivity index (χ4n) is 2.86. The molecule has 0 saturated heterocycles. The Morgan fingerprint density at radius 3 is 2.76 bits per heavy atom. The first kappa shape index (κ1) is 19.5. The van der Waals surface area contributed by atoms with Crippen LogP contribution in [0.5, 0.6) is 0 Å². The van der Waals surface area contributed by atoms with Gasteiger partial charge in [-0.1, -0.05) is 6.07 Å². The van der Waals surface area contributed by atoms with Gasteiger partial charge in [0.1, 0.15) is 24.5 Å². The zero-order valence-corrected chi connectivity index (χ0v) is 15.1. The van der Waals surface area contributed by atoms with Gasteiger partial charge in [0.25, 0.3) is 5.56 Å². The van der Waals surface area contributed by atoms with Gasteiger partial charge in [0.15, 0.2) is 0 Å². The van der Waals surface area contributed by atoms with E-state index in [1.807, 2.05) is 6.07 Å². The van der Waals surface area contributed by atoms with E-state index in [4.69, 9.17) is 5.26 Å². The Hall–Kier alpha value is -4.31. The van der Waals surface area contributed by atoms with Crippen LogP contribution in [0.3, 0.4) is 0 Å². The van der Waals surface area contributed by atoms with E-state index in [0.717, 1.165) is 6.07 Å². The summed E-state index contributed by atoms with van der Waals surface area (Å²) in [5.41, 5.74) is -1.41. The van der Waals surface area contributed by atoms with Crippen LogP contribution in [0.25, 0.3) is 10.9 Å². The zero-order valence-electron chi connectivity index (χ0n) is 15.1. The number of halogens is 1. The van der Waals surface area contributed by atoms with Gasteiger partial charge in [-0.3, -0.25) is 19.1 Å². The second-order valence-electron chi connectivity index (χ2n) is 6.15. The van der Waals surface area contributed by atoms with Gasteiger partial charge in [0.2, 0.25) is 5.91 Å². The molecular formula is C19H13FN6O3. The van der Waals surface area contributed by atoms with E-state index < -0.39 is 35.6 Å². The van der Waals surface area contributed by atoms with Crippen molar-refractivity contribution < 1.29 is 9.18 Å². The van der Waals surface area contributed by atoms with Crippen LogP contribution in [-0.4, -0.2) is 20.4 Å². The first-order valence-corrected chi connectivity index (χ1v) is 8.36. The number of nitrogens with one attached hydrogen (secondary N) is 2. The first-order chi connectivity index (χ1) is 13.8. The minimum atomic E-state index is -0.875. The van der Waals surface area contributed by atoms with Gasteiger partial charge in [-0.2, -0.15) is 10.5 Å². The summed E-state index contributed by atoms with van der Waals surface area (Å²) in [6, 6.07) is 8.17. The highest BCUT2D eigenvalue weighted by atomic mass is 19.1. The number of benzene rings is 1. The topological polar surface area (TPSA) is 144 Å². The highest BCUT2D eigenvalue weighted by molar-refractivity contribution is 5.84. The number of rotatable bonds is 4.